The molecule has 1 aliphatic heterocycles. The van der Waals surface area contributed by atoms with E-state index >= 15 is 0 Å². The lowest BCUT2D eigenvalue weighted by molar-refractivity contribution is -0.263. The molecular weight excluding hydrogens is 532 g/mol. The second-order valence-corrected chi connectivity index (χ2v) is 10.6. The maximum Gasteiger partial charge on any atom is 0.303 e. The fourth-order valence-electron chi connectivity index (χ4n) is 5.20. The first-order valence-corrected chi connectivity index (χ1v) is 14.2. The Balaban J connectivity index is 1.60. The zero-order valence-electron chi connectivity index (χ0n) is 24.4. The van der Waals surface area contributed by atoms with E-state index in [1.165, 1.54) is 13.8 Å². The summed E-state index contributed by atoms with van der Waals surface area (Å²) in [7, 11) is 2.05. The number of esters is 1. The first-order chi connectivity index (χ1) is 20.3. The smallest absolute Gasteiger partial charge is 0.303 e. The number of likely N-dealkylation sites (N-methyl/N-ethyl adjacent to an activating group) is 1. The highest BCUT2D eigenvalue weighted by Gasteiger charge is 2.42. The molecule has 8 heteroatoms. The van der Waals surface area contributed by atoms with Gasteiger partial charge in [-0.2, -0.15) is 0 Å². The first-order valence-electron chi connectivity index (χ1n) is 14.2. The molecule has 42 heavy (non-hydrogen) atoms. The zero-order valence-corrected chi connectivity index (χ0v) is 24.4. The minimum atomic E-state index is -0.858. The Hall–Kier alpha value is -3.82. The van der Waals surface area contributed by atoms with Crippen LogP contribution in [-0.4, -0.2) is 54.2 Å². The van der Waals surface area contributed by atoms with Gasteiger partial charge >= 0.3 is 5.97 Å². The minimum Gasteiger partial charge on any atom is -0.453 e. The quantitative estimate of drug-likeness (QED) is 0.238. The fourth-order valence-corrected chi connectivity index (χ4v) is 5.20. The molecule has 3 aromatic rings. The number of nitrogens with zero attached hydrogens (tertiary/aromatic N) is 1. The van der Waals surface area contributed by atoms with Crippen molar-refractivity contribution in [2.45, 2.75) is 57.5 Å². The van der Waals surface area contributed by atoms with Crippen LogP contribution in [-0.2, 0) is 37.0 Å². The summed E-state index contributed by atoms with van der Waals surface area (Å²) in [5, 5.41) is 12.4. The maximum absolute atomic E-state index is 12.2. The summed E-state index contributed by atoms with van der Waals surface area (Å²) in [6.45, 7) is 8.37. The van der Waals surface area contributed by atoms with Gasteiger partial charge in [0, 0.05) is 38.0 Å². The molecule has 0 aromatic heterocycles. The van der Waals surface area contributed by atoms with Gasteiger partial charge in [0.05, 0.1) is 18.8 Å². The molecule has 8 nitrogen and oxygen atoms in total. The summed E-state index contributed by atoms with van der Waals surface area (Å²) in [6.07, 6.45) is -0.0996. The van der Waals surface area contributed by atoms with E-state index < -0.39 is 18.4 Å². The number of amides is 1. The highest BCUT2D eigenvalue weighted by molar-refractivity contribution is 5.82. The van der Waals surface area contributed by atoms with Crippen molar-refractivity contribution in [1.29, 1.82) is 0 Å². The largest absolute Gasteiger partial charge is 0.453 e. The van der Waals surface area contributed by atoms with Crippen molar-refractivity contribution in [3.05, 3.63) is 119 Å². The van der Waals surface area contributed by atoms with Crippen LogP contribution in [0.5, 0.6) is 0 Å². The van der Waals surface area contributed by atoms with Crippen LogP contribution in [0.3, 0.4) is 0 Å². The van der Waals surface area contributed by atoms with E-state index in [1.807, 2.05) is 79.9 Å². The van der Waals surface area contributed by atoms with Crippen molar-refractivity contribution in [3.63, 3.8) is 0 Å². The van der Waals surface area contributed by atoms with E-state index in [9.17, 15) is 14.7 Å². The molecular formula is C34H40N2O6. The van der Waals surface area contributed by atoms with Gasteiger partial charge in [0.25, 0.3) is 5.91 Å². The number of hydrogen-bond donors (Lipinski definition) is 2. The number of nitrogens with one attached hydrogen (secondary N) is 1. The highest BCUT2D eigenvalue weighted by atomic mass is 16.7. The van der Waals surface area contributed by atoms with Gasteiger partial charge in [0.2, 0.25) is 0 Å². The van der Waals surface area contributed by atoms with Crippen LogP contribution in [0, 0.1) is 0 Å². The van der Waals surface area contributed by atoms with Crippen LogP contribution in [0.4, 0.5) is 0 Å². The number of hydrogen-bond acceptors (Lipinski definition) is 7. The molecule has 5 unspecified atom stereocenters. The van der Waals surface area contributed by atoms with Crippen LogP contribution >= 0.6 is 0 Å². The number of carbonyl (C=O) groups excluding carboxylic acids is 2. The van der Waals surface area contributed by atoms with E-state index in [-0.39, 0.29) is 30.6 Å². The van der Waals surface area contributed by atoms with Crippen LogP contribution in [0.25, 0.3) is 0 Å². The normalized spacial score (nSPS) is 21.0. The van der Waals surface area contributed by atoms with Gasteiger partial charge in [0.15, 0.2) is 12.4 Å². The lowest BCUT2D eigenvalue weighted by Gasteiger charge is -2.44. The maximum atomic E-state index is 12.2. The summed E-state index contributed by atoms with van der Waals surface area (Å²) in [4.78, 5) is 25.6. The van der Waals surface area contributed by atoms with Gasteiger partial charge in [-0.3, -0.25) is 9.59 Å². The predicted molar refractivity (Wildman–Crippen MR) is 160 cm³/mol. The third-order valence-corrected chi connectivity index (χ3v) is 7.33. The van der Waals surface area contributed by atoms with E-state index in [1.54, 1.807) is 0 Å². The van der Waals surface area contributed by atoms with Crippen molar-refractivity contribution in [3.8, 4) is 0 Å². The minimum absolute atomic E-state index is 0.0237. The van der Waals surface area contributed by atoms with Crippen LogP contribution in [0.2, 0.25) is 0 Å². The summed E-state index contributed by atoms with van der Waals surface area (Å²) in [5.41, 5.74) is 4.72. The molecule has 1 aliphatic rings. The third-order valence-electron chi connectivity index (χ3n) is 7.33. The zero-order chi connectivity index (χ0) is 30.1. The monoisotopic (exact) mass is 572 g/mol. The Kier molecular flexibility index (Phi) is 11.0. The second-order valence-electron chi connectivity index (χ2n) is 10.6. The highest BCUT2D eigenvalue weighted by Crippen LogP contribution is 2.47. The molecule has 4 rings (SSSR count). The van der Waals surface area contributed by atoms with Gasteiger partial charge in [-0.25, -0.2) is 0 Å². The number of aliphatic hydroxyl groups excluding tert-OH is 1. The number of aliphatic hydroxyl groups is 1. The van der Waals surface area contributed by atoms with E-state index in [4.69, 9.17) is 14.2 Å². The van der Waals surface area contributed by atoms with Crippen LogP contribution in [0.15, 0.2) is 91.5 Å². The van der Waals surface area contributed by atoms with Gasteiger partial charge in [-0.15, -0.1) is 6.58 Å². The molecule has 0 radical (unpaired) electrons. The number of rotatable bonds is 12. The van der Waals surface area contributed by atoms with Gasteiger partial charge < -0.3 is 29.5 Å². The molecule has 2 N–H and O–H groups in total. The molecule has 1 amide bonds. The van der Waals surface area contributed by atoms with Crippen molar-refractivity contribution in [2.24, 2.45) is 0 Å². The molecule has 0 bridgehead atoms. The molecule has 222 valence electrons. The molecule has 0 spiro atoms. The van der Waals surface area contributed by atoms with Crippen LogP contribution < -0.4 is 5.32 Å². The molecule has 1 heterocycles. The molecule has 1 fully saturated rings. The lowest BCUT2D eigenvalue weighted by atomic mass is 9.83. The average molecular weight is 573 g/mol. The Morgan fingerprint density at radius 1 is 0.976 bits per heavy atom. The molecule has 3 aromatic carbocycles. The average Bonchev–Trinajstić information content (AvgIpc) is 3.00. The summed E-state index contributed by atoms with van der Waals surface area (Å²) >= 11 is 0. The summed E-state index contributed by atoms with van der Waals surface area (Å²) in [6, 6.07) is 25.9. The Morgan fingerprint density at radius 3 is 2.24 bits per heavy atom. The third kappa shape index (κ3) is 8.14. The SMILES string of the molecule is C=CCN(C)CC1OC(c2ccc(CNC(=O)C(C)OC(C)=O)cc2)OC(c2ccc(CO)cc2)C1c1ccccc1. The van der Waals surface area contributed by atoms with Crippen molar-refractivity contribution >= 4 is 11.9 Å². The Labute approximate surface area is 247 Å². The standard InChI is InChI=1S/C34H40N2O6/c1-5-19-36(4)21-30-31(27-9-7-6-8-10-27)32(28-15-13-26(22-37)14-16-28)42-34(41-30)29-17-11-25(12-18-29)20-35-33(39)23(2)40-24(3)38/h5-18,23,30-32,34,37H,1,19-22H2,2-4H3,(H,35,39). The van der Waals surface area contributed by atoms with E-state index in [0.717, 1.165) is 34.4 Å². The number of carbonyl (C=O) groups is 2. The number of ether oxygens (including phenoxy) is 3. The van der Waals surface area contributed by atoms with E-state index in [0.29, 0.717) is 13.1 Å². The van der Waals surface area contributed by atoms with Gasteiger partial charge in [-0.1, -0.05) is 84.9 Å². The predicted octanol–water partition coefficient (Wildman–Crippen LogP) is 4.80. The summed E-state index contributed by atoms with van der Waals surface area (Å²) < 4.78 is 18.4. The van der Waals surface area contributed by atoms with Crippen LogP contribution in [0.1, 0.15) is 60.0 Å². The topological polar surface area (TPSA) is 97.3 Å². The molecule has 0 aliphatic carbocycles. The van der Waals surface area contributed by atoms with Crippen molar-refractivity contribution < 1.29 is 28.9 Å². The first kappa shape index (κ1) is 31.1. The van der Waals surface area contributed by atoms with Crippen molar-refractivity contribution in [2.75, 3.05) is 20.1 Å². The van der Waals surface area contributed by atoms with Gasteiger partial charge in [0.1, 0.15) is 0 Å². The second kappa shape index (κ2) is 14.9. The fraction of sp³-hybridized carbons (Fsp3) is 0.353. The van der Waals surface area contributed by atoms with Crippen molar-refractivity contribution in [1.82, 2.24) is 10.2 Å². The molecule has 0 saturated carbocycles. The lowest BCUT2D eigenvalue weighted by Crippen LogP contribution is -2.43. The Bertz CT molecular complexity index is 1310. The van der Waals surface area contributed by atoms with E-state index in [2.05, 4.69) is 28.9 Å². The molecule has 5 atom stereocenters. The molecule has 1 saturated heterocycles. The van der Waals surface area contributed by atoms with Gasteiger partial charge in [-0.05, 0) is 36.2 Å². The Morgan fingerprint density at radius 2 is 1.62 bits per heavy atom. The summed E-state index contributed by atoms with van der Waals surface area (Å²) in [5.74, 6) is -0.939. The number of benzene rings is 3.